The number of nitrogens with zero attached hydrogens (tertiary/aromatic N) is 3. The predicted octanol–water partition coefficient (Wildman–Crippen LogP) is 0.903. The van der Waals surface area contributed by atoms with Gasteiger partial charge < -0.3 is 29.7 Å². The van der Waals surface area contributed by atoms with Crippen LogP contribution in [0.2, 0.25) is 0 Å². The second-order valence-corrected chi connectivity index (χ2v) is 10.5. The lowest BCUT2D eigenvalue weighted by molar-refractivity contribution is -0.141. The summed E-state index contributed by atoms with van der Waals surface area (Å²) >= 11 is 0. The molecule has 14 nitrogen and oxygen atoms in total. The number of para-hydroxylation sites is 1. The number of ether oxygens (including phenoxy) is 1. The number of rotatable bonds is 12. The van der Waals surface area contributed by atoms with Crippen molar-refractivity contribution in [2.24, 2.45) is 0 Å². The van der Waals surface area contributed by atoms with Crippen LogP contribution >= 0.6 is 7.75 Å². The molecule has 4 N–H and O–H groups in total. The van der Waals surface area contributed by atoms with Gasteiger partial charge in [-0.25, -0.2) is 9.36 Å². The van der Waals surface area contributed by atoms with Gasteiger partial charge in [0.05, 0.1) is 13.2 Å². The number of carboxylic acid groups (broad SMARTS) is 1. The summed E-state index contributed by atoms with van der Waals surface area (Å²) in [5.74, 6) is -6.07. The van der Waals surface area contributed by atoms with Gasteiger partial charge in [0.2, 0.25) is 12.1 Å². The Balaban J connectivity index is 1.76. The molecule has 0 aliphatic carbocycles. The van der Waals surface area contributed by atoms with Crippen LogP contribution in [-0.4, -0.2) is 88.0 Å². The Morgan fingerprint density at radius 2 is 1.95 bits per heavy atom. The van der Waals surface area contributed by atoms with Gasteiger partial charge in [-0.2, -0.15) is 18.9 Å². The van der Waals surface area contributed by atoms with Gasteiger partial charge in [0, 0.05) is 6.20 Å². The molecule has 3 rings (SSSR count). The van der Waals surface area contributed by atoms with E-state index in [-0.39, 0.29) is 18.1 Å². The molecule has 0 radical (unpaired) electrons. The number of carbonyl (C=O) groups is 2. The SMILES string of the molecule is C[C@H](N[P@](=O)(OC[C@H]1O[C@@H](n2ccc(NC(=O)CN(C)C)nc2=O)C(F)(F)[C@@H]1O)Oc1ccccc1)C(=O)O. The molecule has 0 unspecified atom stereocenters. The van der Waals surface area contributed by atoms with E-state index in [9.17, 15) is 37.9 Å². The Kier molecular flexibility index (Phi) is 9.53. The van der Waals surface area contributed by atoms with Crippen LogP contribution < -0.4 is 20.6 Å². The van der Waals surface area contributed by atoms with Crippen LogP contribution in [0.1, 0.15) is 13.2 Å². The van der Waals surface area contributed by atoms with Crippen molar-refractivity contribution in [2.45, 2.75) is 37.3 Å². The summed E-state index contributed by atoms with van der Waals surface area (Å²) in [6, 6.07) is 7.20. The Morgan fingerprint density at radius 3 is 2.54 bits per heavy atom. The first-order valence-corrected chi connectivity index (χ1v) is 13.0. The highest BCUT2D eigenvalue weighted by molar-refractivity contribution is 7.52. The number of nitrogens with one attached hydrogen (secondary N) is 2. The van der Waals surface area contributed by atoms with E-state index in [1.54, 1.807) is 37.2 Å². The smallest absolute Gasteiger partial charge is 0.459 e. The van der Waals surface area contributed by atoms with Gasteiger partial charge in [-0.3, -0.25) is 18.7 Å². The number of hydrogen-bond acceptors (Lipinski definition) is 10. The number of aromatic nitrogens is 2. The van der Waals surface area contributed by atoms with Crippen molar-refractivity contribution < 1.29 is 46.9 Å². The summed E-state index contributed by atoms with van der Waals surface area (Å²) < 4.78 is 59.3. The van der Waals surface area contributed by atoms with Crippen molar-refractivity contribution in [1.29, 1.82) is 0 Å². The van der Waals surface area contributed by atoms with E-state index in [1.165, 1.54) is 12.1 Å². The highest BCUT2D eigenvalue weighted by Crippen LogP contribution is 2.47. The zero-order valence-corrected chi connectivity index (χ0v) is 22.0. The number of anilines is 1. The molecule has 0 bridgehead atoms. The lowest BCUT2D eigenvalue weighted by atomic mass is 10.1. The van der Waals surface area contributed by atoms with Gasteiger partial charge in [-0.05, 0) is 39.2 Å². The highest BCUT2D eigenvalue weighted by Gasteiger charge is 2.60. The largest absolute Gasteiger partial charge is 0.480 e. The third kappa shape index (κ3) is 7.65. The third-order valence-electron chi connectivity index (χ3n) is 5.29. The monoisotopic (exact) mass is 575 g/mol. The van der Waals surface area contributed by atoms with Crippen molar-refractivity contribution in [3.63, 3.8) is 0 Å². The molecule has 5 atom stereocenters. The normalized spacial score (nSPS) is 22.7. The van der Waals surface area contributed by atoms with E-state index in [1.807, 2.05) is 0 Å². The van der Waals surface area contributed by atoms with Crippen LogP contribution in [0.5, 0.6) is 5.75 Å². The number of carboxylic acids is 1. The van der Waals surface area contributed by atoms with Gasteiger partial charge in [-0.15, -0.1) is 0 Å². The molecule has 1 aromatic carbocycles. The quantitative estimate of drug-likeness (QED) is 0.263. The zero-order chi connectivity index (χ0) is 29.0. The molecule has 0 spiro atoms. The fraction of sp³-hybridized carbons (Fsp3) is 0.455. The number of halogens is 2. The van der Waals surface area contributed by atoms with Crippen LogP contribution in [0.25, 0.3) is 0 Å². The number of aliphatic hydroxyl groups is 1. The van der Waals surface area contributed by atoms with Crippen molar-refractivity contribution in [3.05, 3.63) is 53.1 Å². The molecule has 2 heterocycles. The molecule has 1 aromatic heterocycles. The summed E-state index contributed by atoms with van der Waals surface area (Å²) in [4.78, 5) is 40.7. The summed E-state index contributed by atoms with van der Waals surface area (Å²) in [6.45, 7) is 0.210. The number of alkyl halides is 2. The number of likely N-dealkylation sites (N-methyl/N-ethyl adjacent to an activating group) is 1. The first-order chi connectivity index (χ1) is 18.2. The molecule has 0 saturated carbocycles. The number of carbonyl (C=O) groups excluding carboxylic acids is 1. The third-order valence-corrected chi connectivity index (χ3v) is 6.93. The maximum Gasteiger partial charge on any atom is 0.459 e. The van der Waals surface area contributed by atoms with E-state index < -0.39 is 62.3 Å². The van der Waals surface area contributed by atoms with Crippen molar-refractivity contribution >= 4 is 25.4 Å². The van der Waals surface area contributed by atoms with Gasteiger partial charge in [0.1, 0.15) is 23.7 Å². The zero-order valence-electron chi connectivity index (χ0n) is 21.1. The second kappa shape index (κ2) is 12.3. The van der Waals surface area contributed by atoms with E-state index in [4.69, 9.17) is 13.8 Å². The Morgan fingerprint density at radius 1 is 1.28 bits per heavy atom. The minimum absolute atomic E-state index is 0.0135. The van der Waals surface area contributed by atoms with Crippen LogP contribution in [0.15, 0.2) is 47.4 Å². The Hall–Kier alpha value is -3.27. The summed E-state index contributed by atoms with van der Waals surface area (Å²) in [5.41, 5.74) is -1.20. The lowest BCUT2D eigenvalue weighted by Crippen LogP contribution is -2.42. The number of hydrogen-bond donors (Lipinski definition) is 4. The molecular weight excluding hydrogens is 547 g/mol. The van der Waals surface area contributed by atoms with E-state index in [0.29, 0.717) is 4.57 Å². The number of aliphatic hydroxyl groups excluding tert-OH is 1. The summed E-state index contributed by atoms with van der Waals surface area (Å²) in [6.07, 6.45) is -5.75. The standard InChI is InChI=1S/C22H28F2N5O9P/c1-13(19(32)33)27-39(35,38-14-7-5-4-6-8-14)36-12-15-18(31)22(23,24)20(37-15)29-10-9-16(26-21(29)34)25-17(30)11-28(2)3/h4-10,13,15,18,20,31H,11-12H2,1-3H3,(H,27,35)(H,32,33)(H,25,26,30,34)/t13-,15+,18+,20+,39-/m0/s1. The molecule has 1 aliphatic rings. The van der Waals surface area contributed by atoms with E-state index in [0.717, 1.165) is 19.2 Å². The molecule has 2 aromatic rings. The minimum atomic E-state index is -4.50. The summed E-state index contributed by atoms with van der Waals surface area (Å²) in [5, 5.41) is 24.0. The molecule has 1 aliphatic heterocycles. The Bertz CT molecular complexity index is 1280. The first-order valence-electron chi connectivity index (χ1n) is 11.5. The molecule has 1 amide bonds. The fourth-order valence-corrected chi connectivity index (χ4v) is 4.92. The van der Waals surface area contributed by atoms with Crippen LogP contribution in [-0.2, 0) is 23.4 Å². The van der Waals surface area contributed by atoms with Crippen molar-refractivity contribution in [2.75, 3.05) is 32.6 Å². The number of amides is 1. The molecule has 1 fully saturated rings. The topological polar surface area (TPSA) is 182 Å². The second-order valence-electron chi connectivity index (χ2n) is 8.82. The lowest BCUT2D eigenvalue weighted by Gasteiger charge is -2.23. The van der Waals surface area contributed by atoms with Crippen molar-refractivity contribution in [1.82, 2.24) is 19.5 Å². The van der Waals surface area contributed by atoms with Crippen LogP contribution in [0.3, 0.4) is 0 Å². The van der Waals surface area contributed by atoms with Gasteiger partial charge in [0.15, 0.2) is 6.10 Å². The summed E-state index contributed by atoms with van der Waals surface area (Å²) in [7, 11) is -1.21. The van der Waals surface area contributed by atoms with Crippen LogP contribution in [0.4, 0.5) is 14.6 Å². The van der Waals surface area contributed by atoms with E-state index in [2.05, 4.69) is 15.4 Å². The average Bonchev–Trinajstić information content (AvgIpc) is 3.06. The van der Waals surface area contributed by atoms with E-state index >= 15 is 0 Å². The maximum atomic E-state index is 15.0. The van der Waals surface area contributed by atoms with Crippen molar-refractivity contribution in [3.8, 4) is 5.75 Å². The fourth-order valence-electron chi connectivity index (χ4n) is 3.41. The molecule has 1 saturated heterocycles. The molecular formula is C22H28F2N5O9P. The van der Waals surface area contributed by atoms with Gasteiger partial charge in [0.25, 0.3) is 0 Å². The van der Waals surface area contributed by atoms with Gasteiger partial charge >= 0.3 is 25.3 Å². The van der Waals surface area contributed by atoms with Gasteiger partial charge in [-0.1, -0.05) is 18.2 Å². The highest BCUT2D eigenvalue weighted by atomic mass is 31.2. The minimum Gasteiger partial charge on any atom is -0.480 e. The number of aliphatic carboxylic acids is 1. The van der Waals surface area contributed by atoms with Crippen LogP contribution in [0, 0.1) is 0 Å². The molecule has 17 heteroatoms. The predicted molar refractivity (Wildman–Crippen MR) is 131 cm³/mol. The maximum absolute atomic E-state index is 15.0. The average molecular weight is 575 g/mol. The number of benzene rings is 1. The Labute approximate surface area is 221 Å². The molecule has 39 heavy (non-hydrogen) atoms. The molecule has 214 valence electrons. The first kappa shape index (κ1) is 30.3.